The summed E-state index contributed by atoms with van der Waals surface area (Å²) in [5, 5.41) is 8.31. The van der Waals surface area contributed by atoms with Crippen molar-refractivity contribution in [2.75, 3.05) is 25.6 Å². The Bertz CT molecular complexity index is 1380. The number of hydrogen-bond acceptors (Lipinski definition) is 10. The highest BCUT2D eigenvalue weighted by Gasteiger charge is 2.48. The molecule has 11 nitrogen and oxygen atoms in total. The number of benzene rings is 1. The summed E-state index contributed by atoms with van der Waals surface area (Å²) in [6.07, 6.45) is 10.3. The molecule has 1 saturated carbocycles. The number of aromatic nitrogens is 2. The van der Waals surface area contributed by atoms with Gasteiger partial charge in [0.05, 0.1) is 35.9 Å². The van der Waals surface area contributed by atoms with E-state index in [9.17, 15) is 9.59 Å². The Balaban J connectivity index is 1.29. The molecule has 0 radical (unpaired) electrons. The first-order chi connectivity index (χ1) is 18.5. The predicted octanol–water partition coefficient (Wildman–Crippen LogP) is 1.51. The number of carbonyl (C=O) groups excluding carboxylic acids is 2. The maximum atomic E-state index is 13.3. The molecule has 0 saturated heterocycles. The average molecular weight is 515 g/mol. The summed E-state index contributed by atoms with van der Waals surface area (Å²) in [4.78, 5) is 39.7. The Kier molecular flexibility index (Phi) is 5.87. The number of amides is 1. The van der Waals surface area contributed by atoms with Gasteiger partial charge in [0.15, 0.2) is 11.9 Å². The van der Waals surface area contributed by atoms with Crippen LogP contribution in [0.3, 0.4) is 0 Å². The number of methoxy groups -OCH3 is 1. The number of nitrogens with zero attached hydrogens (tertiary/aromatic N) is 5. The highest BCUT2D eigenvalue weighted by atomic mass is 16.5. The molecule has 11 heteroatoms. The van der Waals surface area contributed by atoms with E-state index in [2.05, 4.69) is 42.0 Å². The van der Waals surface area contributed by atoms with E-state index in [1.54, 1.807) is 26.6 Å². The fraction of sp³-hybridized carbons (Fsp3) is 0.370. The minimum Gasteiger partial charge on any atom is -0.379 e. The number of aldehydes is 1. The van der Waals surface area contributed by atoms with Gasteiger partial charge < -0.3 is 20.3 Å². The monoisotopic (exact) mass is 514 g/mol. The highest BCUT2D eigenvalue weighted by molar-refractivity contribution is 6.06. The summed E-state index contributed by atoms with van der Waals surface area (Å²) < 4.78 is 5.46. The number of rotatable bonds is 6. The number of hydrazine groups is 1. The van der Waals surface area contributed by atoms with Gasteiger partial charge in [0.2, 0.25) is 0 Å². The largest absolute Gasteiger partial charge is 0.379 e. The summed E-state index contributed by atoms with van der Waals surface area (Å²) in [6, 6.07) is 6.10. The van der Waals surface area contributed by atoms with Gasteiger partial charge in [-0.05, 0) is 37.8 Å². The molecule has 4 heterocycles. The Hall–Kier alpha value is -4.25. The van der Waals surface area contributed by atoms with Crippen LogP contribution in [-0.4, -0.2) is 71.4 Å². The fourth-order valence-electron chi connectivity index (χ4n) is 5.57. The Morgan fingerprint density at radius 1 is 1.29 bits per heavy atom. The van der Waals surface area contributed by atoms with Gasteiger partial charge in [0, 0.05) is 44.2 Å². The van der Waals surface area contributed by atoms with E-state index in [1.807, 2.05) is 30.1 Å². The van der Waals surface area contributed by atoms with Crippen LogP contribution in [0.4, 0.5) is 5.69 Å². The molecule has 1 aromatic carbocycles. The van der Waals surface area contributed by atoms with E-state index in [1.165, 1.54) is 6.20 Å². The van der Waals surface area contributed by atoms with Gasteiger partial charge in [0.1, 0.15) is 17.2 Å². The quantitative estimate of drug-likeness (QED) is 0.492. The van der Waals surface area contributed by atoms with Crippen molar-refractivity contribution < 1.29 is 14.3 Å². The van der Waals surface area contributed by atoms with Crippen molar-refractivity contribution in [3.05, 3.63) is 65.6 Å². The van der Waals surface area contributed by atoms with Crippen LogP contribution in [0.5, 0.6) is 0 Å². The van der Waals surface area contributed by atoms with Crippen LogP contribution in [0.1, 0.15) is 35.8 Å². The zero-order valence-corrected chi connectivity index (χ0v) is 21.6. The maximum absolute atomic E-state index is 13.3. The second-order valence-electron chi connectivity index (χ2n) is 9.91. The van der Waals surface area contributed by atoms with E-state index in [0.29, 0.717) is 17.7 Å². The van der Waals surface area contributed by atoms with Gasteiger partial charge in [-0.3, -0.25) is 25.0 Å². The average Bonchev–Trinajstić information content (AvgIpc) is 3.52. The zero-order chi connectivity index (χ0) is 26.4. The molecule has 1 amide bonds. The third-order valence-electron chi connectivity index (χ3n) is 7.87. The standard InChI is InChI=1S/C27H30N8O3/c1-27-24(28-2)11-25(33-35(27)22(14-31-27)26(37)32-19-7-8-23(19)38-3)34-10-9-18-17(5-4-6-21(18)34)20-13-29-16(15-36)12-30-20/h4-6,11-15,19,23,31,33H,7-10H2,1-3H3,(H,32,37)/t19-,23-,27?/m1/s1. The maximum Gasteiger partial charge on any atom is 0.271 e. The van der Waals surface area contributed by atoms with Crippen molar-refractivity contribution >= 4 is 23.6 Å². The smallest absolute Gasteiger partial charge is 0.271 e. The summed E-state index contributed by atoms with van der Waals surface area (Å²) >= 11 is 0. The molecule has 1 aromatic heterocycles. The van der Waals surface area contributed by atoms with Crippen molar-refractivity contribution in [1.82, 2.24) is 31.0 Å². The normalized spacial score (nSPS) is 26.4. The summed E-state index contributed by atoms with van der Waals surface area (Å²) in [5.74, 6) is 0.654. The van der Waals surface area contributed by atoms with E-state index in [4.69, 9.17) is 4.74 Å². The summed E-state index contributed by atoms with van der Waals surface area (Å²) in [5.41, 5.74) is 8.25. The molecule has 1 fully saturated rings. The molecule has 38 heavy (non-hydrogen) atoms. The van der Waals surface area contributed by atoms with E-state index in [-0.39, 0.29) is 18.1 Å². The fourth-order valence-corrected chi connectivity index (χ4v) is 5.57. The lowest BCUT2D eigenvalue weighted by Crippen LogP contribution is -2.65. The molecule has 2 aromatic rings. The number of carbonyl (C=O) groups is 2. The number of ether oxygens (including phenoxy) is 1. The summed E-state index contributed by atoms with van der Waals surface area (Å²) in [7, 11) is 3.43. The molecule has 1 unspecified atom stereocenters. The molecular weight excluding hydrogens is 484 g/mol. The Labute approximate surface area is 220 Å². The topological polar surface area (TPSA) is 124 Å². The van der Waals surface area contributed by atoms with Crippen LogP contribution in [0.25, 0.3) is 11.3 Å². The van der Waals surface area contributed by atoms with Crippen LogP contribution < -0.4 is 21.0 Å². The van der Waals surface area contributed by atoms with Crippen molar-refractivity contribution in [3.8, 4) is 11.3 Å². The molecule has 196 valence electrons. The van der Waals surface area contributed by atoms with Crippen LogP contribution in [0.15, 0.2) is 59.4 Å². The van der Waals surface area contributed by atoms with E-state index < -0.39 is 5.66 Å². The van der Waals surface area contributed by atoms with Gasteiger partial charge in [-0.2, -0.15) is 0 Å². The lowest BCUT2D eigenvalue weighted by molar-refractivity contribution is -0.123. The zero-order valence-electron chi connectivity index (χ0n) is 21.6. The number of aliphatic imine (C=N–C) groups is 1. The Morgan fingerprint density at radius 3 is 2.84 bits per heavy atom. The third-order valence-corrected chi connectivity index (χ3v) is 7.87. The summed E-state index contributed by atoms with van der Waals surface area (Å²) in [6.45, 7) is 2.73. The molecule has 0 bridgehead atoms. The van der Waals surface area contributed by atoms with Gasteiger partial charge in [-0.1, -0.05) is 12.1 Å². The molecule has 3 N–H and O–H groups in total. The molecular formula is C27H30N8O3. The molecule has 4 aliphatic rings. The SMILES string of the molecule is CN=C1C=C(N2CCc3c(-c4cnc(C=O)cn4)cccc32)NN2C(C(=O)N[C@@H]3CC[C@H]3OC)=CNC12C. The number of nitrogens with one attached hydrogen (secondary N) is 3. The number of fused-ring (bicyclic) bond motifs is 2. The van der Waals surface area contributed by atoms with Crippen molar-refractivity contribution in [3.63, 3.8) is 0 Å². The van der Waals surface area contributed by atoms with Crippen molar-refractivity contribution in [2.24, 2.45) is 4.99 Å². The van der Waals surface area contributed by atoms with Gasteiger partial charge >= 0.3 is 0 Å². The molecule has 0 spiro atoms. The van der Waals surface area contributed by atoms with Gasteiger partial charge in [0.25, 0.3) is 5.91 Å². The first kappa shape index (κ1) is 24.1. The van der Waals surface area contributed by atoms with Gasteiger partial charge in [-0.25, -0.2) is 9.99 Å². The second-order valence-corrected chi connectivity index (χ2v) is 9.91. The highest BCUT2D eigenvalue weighted by Crippen LogP contribution is 2.39. The van der Waals surface area contributed by atoms with Crippen LogP contribution in [0.2, 0.25) is 0 Å². The Morgan fingerprint density at radius 2 is 2.16 bits per heavy atom. The number of anilines is 1. The van der Waals surface area contributed by atoms with Gasteiger partial charge in [-0.15, -0.1) is 0 Å². The first-order valence-corrected chi connectivity index (χ1v) is 12.7. The molecule has 3 aliphatic heterocycles. The molecule has 3 atom stereocenters. The van der Waals surface area contributed by atoms with Crippen LogP contribution >= 0.6 is 0 Å². The minimum atomic E-state index is -0.717. The molecule has 1 aliphatic carbocycles. The molecule has 6 rings (SSSR count). The first-order valence-electron chi connectivity index (χ1n) is 12.7. The van der Waals surface area contributed by atoms with E-state index in [0.717, 1.165) is 59.8 Å². The van der Waals surface area contributed by atoms with Crippen molar-refractivity contribution in [1.29, 1.82) is 0 Å². The van der Waals surface area contributed by atoms with Crippen LogP contribution in [-0.2, 0) is 16.0 Å². The number of hydrogen-bond donors (Lipinski definition) is 3. The second kappa shape index (κ2) is 9.25. The lowest BCUT2D eigenvalue weighted by atomic mass is 9.89. The third kappa shape index (κ3) is 3.73. The lowest BCUT2D eigenvalue weighted by Gasteiger charge is -2.44. The van der Waals surface area contributed by atoms with Crippen molar-refractivity contribution in [2.45, 2.75) is 44.0 Å². The van der Waals surface area contributed by atoms with E-state index >= 15 is 0 Å². The predicted molar refractivity (Wildman–Crippen MR) is 142 cm³/mol. The van der Waals surface area contributed by atoms with Crippen LogP contribution in [0, 0.1) is 0 Å². The minimum absolute atomic E-state index is 0.00643.